The van der Waals surface area contributed by atoms with Gasteiger partial charge in [-0.3, -0.25) is 0 Å². The summed E-state index contributed by atoms with van der Waals surface area (Å²) in [5, 5.41) is 11.1. The monoisotopic (exact) mass is 296 g/mol. The lowest BCUT2D eigenvalue weighted by Gasteiger charge is -2.39. The molecule has 5 unspecified atom stereocenters. The first-order chi connectivity index (χ1) is 9.89. The minimum Gasteiger partial charge on any atom is -0.385 e. The van der Waals surface area contributed by atoms with Gasteiger partial charge in [-0.15, -0.1) is 0 Å². The third-order valence-electron chi connectivity index (χ3n) is 6.18. The molecule has 4 rings (SSSR count). The van der Waals surface area contributed by atoms with Crippen molar-refractivity contribution in [2.24, 2.45) is 23.7 Å². The lowest BCUT2D eigenvalue weighted by molar-refractivity contribution is -0.137. The average Bonchev–Trinajstić information content (AvgIpc) is 3.09. The molecule has 0 saturated heterocycles. The molecule has 1 N–H and O–H groups in total. The zero-order valence-electron chi connectivity index (χ0n) is 11.7. The Morgan fingerprint density at radius 3 is 2.67 bits per heavy atom. The van der Waals surface area contributed by atoms with Gasteiger partial charge in [0, 0.05) is 0 Å². The summed E-state index contributed by atoms with van der Waals surface area (Å²) >= 11 is 0. The van der Waals surface area contributed by atoms with E-state index in [1.54, 1.807) is 6.07 Å². The van der Waals surface area contributed by atoms with E-state index in [1.807, 2.05) is 0 Å². The molecule has 21 heavy (non-hydrogen) atoms. The molecular weight excluding hydrogens is 277 g/mol. The Morgan fingerprint density at radius 1 is 1.14 bits per heavy atom. The number of hydrogen-bond donors (Lipinski definition) is 1. The number of alkyl halides is 3. The van der Waals surface area contributed by atoms with Crippen LogP contribution in [0.1, 0.15) is 43.2 Å². The number of benzene rings is 1. The van der Waals surface area contributed by atoms with Crippen molar-refractivity contribution >= 4 is 0 Å². The van der Waals surface area contributed by atoms with Crippen molar-refractivity contribution in [2.75, 3.05) is 0 Å². The summed E-state index contributed by atoms with van der Waals surface area (Å²) in [5.74, 6) is 1.88. The summed E-state index contributed by atoms with van der Waals surface area (Å²) in [4.78, 5) is 0. The second kappa shape index (κ2) is 4.25. The van der Waals surface area contributed by atoms with E-state index < -0.39 is 17.3 Å². The summed E-state index contributed by atoms with van der Waals surface area (Å²) < 4.78 is 38.7. The third kappa shape index (κ3) is 1.88. The van der Waals surface area contributed by atoms with E-state index in [1.165, 1.54) is 18.9 Å². The van der Waals surface area contributed by atoms with Crippen molar-refractivity contribution in [1.82, 2.24) is 0 Å². The molecule has 0 aliphatic heterocycles. The topological polar surface area (TPSA) is 20.2 Å². The van der Waals surface area contributed by atoms with Crippen LogP contribution in [0.25, 0.3) is 0 Å². The highest BCUT2D eigenvalue weighted by Gasteiger charge is 2.60. The van der Waals surface area contributed by atoms with E-state index in [4.69, 9.17) is 0 Å². The van der Waals surface area contributed by atoms with Crippen molar-refractivity contribution in [3.63, 3.8) is 0 Å². The zero-order valence-corrected chi connectivity index (χ0v) is 11.7. The molecule has 3 fully saturated rings. The SMILES string of the molecule is OC1(c2cccc(C(F)(F)F)c2)CC2CC1C1CCCC21. The fraction of sp³-hybridized carbons (Fsp3) is 0.647. The van der Waals surface area contributed by atoms with Crippen LogP contribution >= 0.6 is 0 Å². The van der Waals surface area contributed by atoms with E-state index >= 15 is 0 Å². The summed E-state index contributed by atoms with van der Waals surface area (Å²) in [6.07, 6.45) is 0.862. The Hall–Kier alpha value is -1.03. The van der Waals surface area contributed by atoms with Crippen LogP contribution in [0.2, 0.25) is 0 Å². The van der Waals surface area contributed by atoms with Gasteiger partial charge in [0.2, 0.25) is 0 Å². The van der Waals surface area contributed by atoms with Gasteiger partial charge in [-0.2, -0.15) is 13.2 Å². The molecule has 1 aromatic carbocycles. The maximum Gasteiger partial charge on any atom is 0.416 e. The van der Waals surface area contributed by atoms with E-state index in [-0.39, 0.29) is 5.92 Å². The summed E-state index contributed by atoms with van der Waals surface area (Å²) in [5.41, 5.74) is -1.23. The predicted octanol–water partition coefficient (Wildman–Crippen LogP) is 4.35. The Bertz CT molecular complexity index is 567. The second-order valence-electron chi connectivity index (χ2n) is 7.07. The van der Waals surface area contributed by atoms with Crippen molar-refractivity contribution in [1.29, 1.82) is 0 Å². The highest BCUT2D eigenvalue weighted by atomic mass is 19.4. The molecule has 1 nitrogen and oxygen atoms in total. The Kier molecular flexibility index (Phi) is 2.76. The van der Waals surface area contributed by atoms with Gasteiger partial charge < -0.3 is 5.11 Å². The highest BCUT2D eigenvalue weighted by molar-refractivity contribution is 5.33. The molecular formula is C17H19F3O. The number of rotatable bonds is 1. The van der Waals surface area contributed by atoms with Crippen molar-refractivity contribution in [3.8, 4) is 0 Å². The summed E-state index contributed by atoms with van der Waals surface area (Å²) in [6, 6.07) is 5.33. The highest BCUT2D eigenvalue weighted by Crippen LogP contribution is 2.65. The lowest BCUT2D eigenvalue weighted by atomic mass is 9.70. The van der Waals surface area contributed by atoms with Crippen LogP contribution in [0.15, 0.2) is 24.3 Å². The van der Waals surface area contributed by atoms with Gasteiger partial charge in [0.05, 0.1) is 11.2 Å². The minimum absolute atomic E-state index is 0.151. The molecule has 114 valence electrons. The smallest absolute Gasteiger partial charge is 0.385 e. The Morgan fingerprint density at radius 2 is 1.90 bits per heavy atom. The molecule has 0 amide bonds. The first-order valence-electron chi connectivity index (χ1n) is 7.80. The van der Waals surface area contributed by atoms with Gasteiger partial charge in [-0.1, -0.05) is 18.6 Å². The summed E-state index contributed by atoms with van der Waals surface area (Å²) in [7, 11) is 0. The molecule has 2 bridgehead atoms. The zero-order chi connectivity index (χ0) is 14.8. The van der Waals surface area contributed by atoms with Gasteiger partial charge in [0.1, 0.15) is 0 Å². The predicted molar refractivity (Wildman–Crippen MR) is 72.4 cm³/mol. The lowest BCUT2D eigenvalue weighted by Crippen LogP contribution is -2.39. The van der Waals surface area contributed by atoms with Crippen molar-refractivity contribution < 1.29 is 18.3 Å². The van der Waals surface area contributed by atoms with Gasteiger partial charge >= 0.3 is 6.18 Å². The number of halogens is 3. The van der Waals surface area contributed by atoms with Crippen molar-refractivity contribution in [2.45, 2.75) is 43.9 Å². The molecule has 3 aliphatic carbocycles. The Labute approximate surface area is 122 Å². The van der Waals surface area contributed by atoms with E-state index in [2.05, 4.69) is 0 Å². The van der Waals surface area contributed by atoms with Gasteiger partial charge in [-0.25, -0.2) is 0 Å². The molecule has 4 heteroatoms. The second-order valence-corrected chi connectivity index (χ2v) is 7.07. The Balaban J connectivity index is 1.71. The normalized spacial score (nSPS) is 41.5. The van der Waals surface area contributed by atoms with E-state index in [9.17, 15) is 18.3 Å². The standard InChI is InChI=1S/C17H19F3O/c18-17(19,20)12-4-1-3-11(8-12)16(21)9-10-7-15(16)14-6-2-5-13(10)14/h1,3-4,8,10,13-15,21H,2,5-7,9H2. The molecule has 5 atom stereocenters. The number of hydrogen-bond acceptors (Lipinski definition) is 1. The molecule has 0 aromatic heterocycles. The first kappa shape index (κ1) is 13.6. The number of fused-ring (bicyclic) bond motifs is 5. The fourth-order valence-electron chi connectivity index (χ4n) is 5.41. The summed E-state index contributed by atoms with van der Waals surface area (Å²) in [6.45, 7) is 0. The van der Waals surface area contributed by atoms with Crippen molar-refractivity contribution in [3.05, 3.63) is 35.4 Å². The van der Waals surface area contributed by atoms with Gasteiger partial charge in [0.25, 0.3) is 0 Å². The largest absolute Gasteiger partial charge is 0.416 e. The average molecular weight is 296 g/mol. The molecule has 3 aliphatic rings. The molecule has 0 spiro atoms. The van der Waals surface area contributed by atoms with Gasteiger partial charge in [-0.05, 0) is 67.1 Å². The van der Waals surface area contributed by atoms with Crippen LogP contribution in [0.4, 0.5) is 13.2 Å². The minimum atomic E-state index is -4.35. The molecule has 0 radical (unpaired) electrons. The maximum atomic E-state index is 12.9. The van der Waals surface area contributed by atoms with Crippen LogP contribution in [-0.2, 0) is 11.8 Å². The first-order valence-corrected chi connectivity index (χ1v) is 7.80. The van der Waals surface area contributed by atoms with Crippen LogP contribution in [0.5, 0.6) is 0 Å². The van der Waals surface area contributed by atoms with Gasteiger partial charge in [0.15, 0.2) is 0 Å². The van der Waals surface area contributed by atoms with E-state index in [0.29, 0.717) is 29.7 Å². The van der Waals surface area contributed by atoms with Crippen LogP contribution in [0, 0.1) is 23.7 Å². The van der Waals surface area contributed by atoms with Crippen LogP contribution in [-0.4, -0.2) is 5.11 Å². The quantitative estimate of drug-likeness (QED) is 0.817. The van der Waals surface area contributed by atoms with E-state index in [0.717, 1.165) is 25.0 Å². The van der Waals surface area contributed by atoms with Crippen LogP contribution < -0.4 is 0 Å². The van der Waals surface area contributed by atoms with Crippen LogP contribution in [0.3, 0.4) is 0 Å². The number of aliphatic hydroxyl groups is 1. The molecule has 3 saturated carbocycles. The fourth-order valence-corrected chi connectivity index (χ4v) is 5.41. The third-order valence-corrected chi connectivity index (χ3v) is 6.18. The maximum absolute atomic E-state index is 12.9. The molecule has 1 aromatic rings. The molecule has 0 heterocycles.